The fraction of sp³-hybridized carbons (Fsp3) is 0.0952. The van der Waals surface area contributed by atoms with Crippen LogP contribution in [0.5, 0.6) is 0 Å². The van der Waals surface area contributed by atoms with Crippen LogP contribution in [0.1, 0.15) is 41.7 Å². The maximum Gasteiger partial charge on any atom is 0.157 e. The topological polar surface area (TPSA) is 50.7 Å². The van der Waals surface area contributed by atoms with E-state index in [1.54, 1.807) is 0 Å². The van der Waals surface area contributed by atoms with Crippen molar-refractivity contribution in [2.45, 2.75) is 25.8 Å². The minimum Gasteiger partial charge on any atom is -0.383 e. The highest BCUT2D eigenvalue weighted by atomic mass is 15.0. The van der Waals surface area contributed by atoms with Gasteiger partial charge < -0.3 is 5.73 Å². The van der Waals surface area contributed by atoms with Crippen LogP contribution in [-0.2, 0) is 12.0 Å². The van der Waals surface area contributed by atoms with Crippen LogP contribution in [0.2, 0.25) is 0 Å². The Kier molecular flexibility index (Phi) is 7.44. The molecule has 3 nitrogen and oxygen atoms in total. The molecule has 2 N–H and O–H groups in total. The second kappa shape index (κ2) is 11.9. The molecule has 45 heavy (non-hydrogen) atoms. The van der Waals surface area contributed by atoms with E-state index in [0.717, 1.165) is 27.8 Å². The van der Waals surface area contributed by atoms with Crippen LogP contribution in [0.4, 0.5) is 0 Å². The van der Waals surface area contributed by atoms with Crippen molar-refractivity contribution >= 4 is 11.7 Å². The van der Waals surface area contributed by atoms with Gasteiger partial charge in [-0.25, -0.2) is 4.99 Å². The third-order valence-corrected chi connectivity index (χ3v) is 8.86. The van der Waals surface area contributed by atoms with E-state index in [4.69, 9.17) is 15.7 Å². The van der Waals surface area contributed by atoms with E-state index in [1.807, 2.05) is 60.7 Å². The van der Waals surface area contributed by atoms with Gasteiger partial charge in [0, 0.05) is 16.5 Å². The Labute approximate surface area is 265 Å². The van der Waals surface area contributed by atoms with Crippen LogP contribution < -0.4 is 5.73 Å². The first-order valence-corrected chi connectivity index (χ1v) is 15.4. The van der Waals surface area contributed by atoms with Crippen LogP contribution >= 0.6 is 0 Å². The van der Waals surface area contributed by atoms with E-state index in [2.05, 4.69) is 105 Å². The molecule has 0 spiro atoms. The van der Waals surface area contributed by atoms with Crippen molar-refractivity contribution < 1.29 is 0 Å². The summed E-state index contributed by atoms with van der Waals surface area (Å²) in [5.41, 5.74) is 19.6. The molecule has 0 radical (unpaired) electrons. The summed E-state index contributed by atoms with van der Waals surface area (Å²) in [7, 11) is 0. The van der Waals surface area contributed by atoms with Crippen molar-refractivity contribution in [1.82, 2.24) is 0 Å². The molecule has 0 aromatic heterocycles. The Bertz CT molecular complexity index is 2040. The number of nitrogens with zero attached hydrogens (tertiary/aromatic N) is 2. The first-order valence-electron chi connectivity index (χ1n) is 15.4. The average molecular weight is 582 g/mol. The lowest BCUT2D eigenvalue weighted by Crippen LogP contribution is -2.16. The maximum absolute atomic E-state index is 6.43. The lowest BCUT2D eigenvalue weighted by atomic mass is 9.82. The first kappa shape index (κ1) is 28.2. The Hall–Kier alpha value is -5.54. The fourth-order valence-corrected chi connectivity index (χ4v) is 6.49. The molecule has 0 bridgehead atoms. The molecule has 218 valence electrons. The van der Waals surface area contributed by atoms with E-state index in [9.17, 15) is 0 Å². The van der Waals surface area contributed by atoms with Gasteiger partial charge in [0.25, 0.3) is 0 Å². The van der Waals surface area contributed by atoms with Crippen molar-refractivity contribution in [2.24, 2.45) is 15.7 Å². The van der Waals surface area contributed by atoms with Crippen LogP contribution in [-0.4, -0.2) is 11.7 Å². The van der Waals surface area contributed by atoms with Gasteiger partial charge in [-0.05, 0) is 50.1 Å². The molecule has 0 aliphatic heterocycles. The zero-order valence-corrected chi connectivity index (χ0v) is 25.6. The second-order valence-electron chi connectivity index (χ2n) is 12.0. The minimum absolute atomic E-state index is 0.0181. The molecule has 6 aromatic carbocycles. The van der Waals surface area contributed by atoms with Gasteiger partial charge >= 0.3 is 0 Å². The minimum atomic E-state index is -0.0181. The smallest absolute Gasteiger partial charge is 0.157 e. The number of hydrogen-bond donors (Lipinski definition) is 1. The second-order valence-corrected chi connectivity index (χ2v) is 12.0. The SMILES string of the molecule is CC1(C)c2ccccc2-c2c(-c3ccc(-c4ccccc4CN=C(N=C(N)c4ccccc4)c4ccccc4)cc3)cccc21. The molecule has 0 fully saturated rings. The quantitative estimate of drug-likeness (QED) is 0.154. The summed E-state index contributed by atoms with van der Waals surface area (Å²) in [5, 5.41) is 0. The summed E-state index contributed by atoms with van der Waals surface area (Å²) < 4.78 is 0. The number of fused-ring (bicyclic) bond motifs is 3. The van der Waals surface area contributed by atoms with E-state index >= 15 is 0 Å². The van der Waals surface area contributed by atoms with E-state index in [0.29, 0.717) is 18.2 Å². The molecular formula is C42H35N3. The molecule has 1 aliphatic rings. The Balaban J connectivity index is 1.22. The third kappa shape index (κ3) is 5.38. The number of nitrogens with two attached hydrogens (primary N) is 1. The Morgan fingerprint density at radius 3 is 1.78 bits per heavy atom. The molecule has 0 saturated heterocycles. The summed E-state index contributed by atoms with van der Waals surface area (Å²) >= 11 is 0. The molecule has 7 rings (SSSR count). The lowest BCUT2D eigenvalue weighted by molar-refractivity contribution is 0.660. The van der Waals surface area contributed by atoms with E-state index in [1.165, 1.54) is 33.4 Å². The molecule has 6 aromatic rings. The van der Waals surface area contributed by atoms with Crippen molar-refractivity contribution in [3.8, 4) is 33.4 Å². The summed E-state index contributed by atoms with van der Waals surface area (Å²) in [6.07, 6.45) is 0. The number of hydrogen-bond acceptors (Lipinski definition) is 1. The molecular weight excluding hydrogens is 546 g/mol. The highest BCUT2D eigenvalue weighted by Gasteiger charge is 2.36. The summed E-state index contributed by atoms with van der Waals surface area (Å²) in [6.45, 7) is 5.13. The number of rotatable bonds is 6. The van der Waals surface area contributed by atoms with Crippen molar-refractivity contribution in [2.75, 3.05) is 0 Å². The monoisotopic (exact) mass is 581 g/mol. The van der Waals surface area contributed by atoms with Crippen LogP contribution in [0.15, 0.2) is 162 Å². The predicted octanol–water partition coefficient (Wildman–Crippen LogP) is 9.68. The standard InChI is InChI=1S/C42H35N3/c1-42(2)37-22-12-11-20-36(37)39-35(21-13-23-38(39)42)30-26-24-29(25-27-30)34-19-10-9-18-33(34)28-44-41(32-16-7-4-8-17-32)45-40(43)31-14-5-3-6-15-31/h3-27H,28H2,1-2H3,(H2,43,44,45). The number of benzene rings is 6. The van der Waals surface area contributed by atoms with Crippen LogP contribution in [0, 0.1) is 0 Å². The van der Waals surface area contributed by atoms with Crippen LogP contribution in [0.25, 0.3) is 33.4 Å². The zero-order chi connectivity index (χ0) is 30.8. The van der Waals surface area contributed by atoms with Gasteiger partial charge in [-0.2, -0.15) is 0 Å². The van der Waals surface area contributed by atoms with Gasteiger partial charge in [-0.3, -0.25) is 4.99 Å². The van der Waals surface area contributed by atoms with E-state index in [-0.39, 0.29) is 5.41 Å². The Morgan fingerprint density at radius 1 is 0.533 bits per heavy atom. The fourth-order valence-electron chi connectivity index (χ4n) is 6.49. The van der Waals surface area contributed by atoms with E-state index < -0.39 is 0 Å². The van der Waals surface area contributed by atoms with Gasteiger partial charge in [0.15, 0.2) is 5.84 Å². The summed E-state index contributed by atoms with van der Waals surface area (Å²) in [6, 6.07) is 52.8. The summed E-state index contributed by atoms with van der Waals surface area (Å²) in [5.74, 6) is 1.06. The Morgan fingerprint density at radius 2 is 1.07 bits per heavy atom. The highest BCUT2D eigenvalue weighted by Crippen LogP contribution is 2.51. The predicted molar refractivity (Wildman–Crippen MR) is 189 cm³/mol. The lowest BCUT2D eigenvalue weighted by Gasteiger charge is -2.21. The molecule has 0 atom stereocenters. The van der Waals surface area contributed by atoms with Crippen molar-refractivity contribution in [1.29, 1.82) is 0 Å². The van der Waals surface area contributed by atoms with Gasteiger partial charge in [0.1, 0.15) is 5.84 Å². The van der Waals surface area contributed by atoms with Gasteiger partial charge in [-0.15, -0.1) is 0 Å². The van der Waals surface area contributed by atoms with Crippen LogP contribution in [0.3, 0.4) is 0 Å². The zero-order valence-electron chi connectivity index (χ0n) is 25.6. The molecule has 0 unspecified atom stereocenters. The van der Waals surface area contributed by atoms with Crippen molar-refractivity contribution in [3.05, 3.63) is 179 Å². The molecule has 3 heteroatoms. The molecule has 0 saturated carbocycles. The first-order chi connectivity index (χ1) is 22.0. The molecule has 0 heterocycles. The largest absolute Gasteiger partial charge is 0.383 e. The summed E-state index contributed by atoms with van der Waals surface area (Å²) in [4.78, 5) is 9.78. The number of aliphatic imine (C=N–C) groups is 2. The maximum atomic E-state index is 6.43. The highest BCUT2D eigenvalue weighted by molar-refractivity contribution is 6.11. The molecule has 1 aliphatic carbocycles. The van der Waals surface area contributed by atoms with Gasteiger partial charge in [-0.1, -0.05) is 166 Å². The normalized spacial score (nSPS) is 13.7. The average Bonchev–Trinajstić information content (AvgIpc) is 3.34. The number of amidine groups is 2. The third-order valence-electron chi connectivity index (χ3n) is 8.86. The van der Waals surface area contributed by atoms with Gasteiger partial charge in [0.2, 0.25) is 0 Å². The van der Waals surface area contributed by atoms with Crippen molar-refractivity contribution in [3.63, 3.8) is 0 Å². The van der Waals surface area contributed by atoms with Gasteiger partial charge in [0.05, 0.1) is 6.54 Å². The molecule has 0 amide bonds.